The van der Waals surface area contributed by atoms with Gasteiger partial charge in [0.1, 0.15) is 5.75 Å². The second-order valence-corrected chi connectivity index (χ2v) is 4.47. The van der Waals surface area contributed by atoms with Crippen LogP contribution in [-0.2, 0) is 0 Å². The van der Waals surface area contributed by atoms with Crippen LogP contribution in [0.5, 0.6) is 5.75 Å². The molecule has 0 fully saturated rings. The Balaban J connectivity index is 1.98. The predicted octanol–water partition coefficient (Wildman–Crippen LogP) is 2.31. The molecule has 0 saturated carbocycles. The van der Waals surface area contributed by atoms with Crippen molar-refractivity contribution in [3.63, 3.8) is 0 Å². The minimum atomic E-state index is -0.385. The molecule has 0 spiro atoms. The van der Waals surface area contributed by atoms with E-state index in [2.05, 4.69) is 5.32 Å². The standard InChI is InChI=1S/C16H15NO3/c1-11-7-8-13(9-14(11)18)16(20)17-10-15(19)12-5-3-2-4-6-12/h2-9,18H,10H2,1H3,(H,17,20). The van der Waals surface area contributed by atoms with Gasteiger partial charge < -0.3 is 10.4 Å². The number of carbonyl (C=O) groups is 2. The van der Waals surface area contributed by atoms with Gasteiger partial charge in [0.05, 0.1) is 6.54 Å². The molecule has 0 atom stereocenters. The molecule has 2 rings (SSSR count). The molecule has 0 heterocycles. The highest BCUT2D eigenvalue weighted by Crippen LogP contribution is 2.17. The Bertz CT molecular complexity index is 635. The van der Waals surface area contributed by atoms with Gasteiger partial charge in [0.25, 0.3) is 5.91 Å². The Kier molecular flexibility index (Phi) is 4.15. The van der Waals surface area contributed by atoms with Crippen LogP contribution in [0, 0.1) is 6.92 Å². The molecule has 0 unspecified atom stereocenters. The van der Waals surface area contributed by atoms with E-state index in [1.165, 1.54) is 6.07 Å². The molecule has 0 aliphatic rings. The molecule has 2 N–H and O–H groups in total. The van der Waals surface area contributed by atoms with E-state index in [9.17, 15) is 14.7 Å². The number of amides is 1. The van der Waals surface area contributed by atoms with E-state index in [-0.39, 0.29) is 24.0 Å². The van der Waals surface area contributed by atoms with Crippen LogP contribution in [0.3, 0.4) is 0 Å². The number of aryl methyl sites for hydroxylation is 1. The number of nitrogens with one attached hydrogen (secondary N) is 1. The Morgan fingerprint density at radius 3 is 2.40 bits per heavy atom. The number of aromatic hydroxyl groups is 1. The molecule has 102 valence electrons. The fourth-order valence-electron chi connectivity index (χ4n) is 1.74. The summed E-state index contributed by atoms with van der Waals surface area (Å²) < 4.78 is 0. The van der Waals surface area contributed by atoms with Gasteiger partial charge in [0.15, 0.2) is 5.78 Å². The Morgan fingerprint density at radius 1 is 1.05 bits per heavy atom. The summed E-state index contributed by atoms with van der Waals surface area (Å²) in [5.41, 5.74) is 1.58. The molecule has 1 amide bonds. The van der Waals surface area contributed by atoms with E-state index < -0.39 is 0 Å². The summed E-state index contributed by atoms with van der Waals surface area (Å²) in [5, 5.41) is 12.1. The highest BCUT2D eigenvalue weighted by Gasteiger charge is 2.10. The monoisotopic (exact) mass is 269 g/mol. The van der Waals surface area contributed by atoms with Gasteiger partial charge in [0, 0.05) is 11.1 Å². The first-order valence-corrected chi connectivity index (χ1v) is 6.24. The van der Waals surface area contributed by atoms with Gasteiger partial charge in [-0.25, -0.2) is 0 Å². The lowest BCUT2D eigenvalue weighted by Crippen LogP contribution is -2.29. The summed E-state index contributed by atoms with van der Waals surface area (Å²) >= 11 is 0. The van der Waals surface area contributed by atoms with Crippen molar-refractivity contribution in [3.05, 3.63) is 65.2 Å². The van der Waals surface area contributed by atoms with Gasteiger partial charge in [-0.05, 0) is 24.6 Å². The average molecular weight is 269 g/mol. The zero-order valence-corrected chi connectivity index (χ0v) is 11.1. The normalized spacial score (nSPS) is 10.1. The van der Waals surface area contributed by atoms with Gasteiger partial charge in [-0.3, -0.25) is 9.59 Å². The molecule has 20 heavy (non-hydrogen) atoms. The van der Waals surface area contributed by atoms with Crippen molar-refractivity contribution >= 4 is 11.7 Å². The van der Waals surface area contributed by atoms with E-state index in [1.54, 1.807) is 43.3 Å². The summed E-state index contributed by atoms with van der Waals surface area (Å²) in [4.78, 5) is 23.7. The summed E-state index contributed by atoms with van der Waals surface area (Å²) in [6, 6.07) is 13.4. The number of rotatable bonds is 4. The van der Waals surface area contributed by atoms with E-state index in [4.69, 9.17) is 0 Å². The molecular formula is C16H15NO3. The number of phenolic OH excluding ortho intramolecular Hbond substituents is 1. The molecule has 0 radical (unpaired) electrons. The fraction of sp³-hybridized carbons (Fsp3) is 0.125. The number of ketones is 1. The van der Waals surface area contributed by atoms with Crippen LogP contribution in [0.25, 0.3) is 0 Å². The molecule has 0 saturated heterocycles. The number of benzene rings is 2. The van der Waals surface area contributed by atoms with E-state index >= 15 is 0 Å². The Labute approximate surface area is 117 Å². The quantitative estimate of drug-likeness (QED) is 0.837. The van der Waals surface area contributed by atoms with E-state index in [0.29, 0.717) is 16.7 Å². The molecule has 0 aliphatic carbocycles. The summed E-state index contributed by atoms with van der Waals surface area (Å²) in [7, 11) is 0. The van der Waals surface area contributed by atoms with Gasteiger partial charge in [0.2, 0.25) is 0 Å². The van der Waals surface area contributed by atoms with Crippen LogP contribution in [0.1, 0.15) is 26.3 Å². The molecule has 0 aliphatic heterocycles. The van der Waals surface area contributed by atoms with Gasteiger partial charge >= 0.3 is 0 Å². The van der Waals surface area contributed by atoms with Crippen LogP contribution in [0.2, 0.25) is 0 Å². The maximum absolute atomic E-state index is 11.9. The lowest BCUT2D eigenvalue weighted by Gasteiger charge is -2.06. The average Bonchev–Trinajstić information content (AvgIpc) is 2.48. The SMILES string of the molecule is Cc1ccc(C(=O)NCC(=O)c2ccccc2)cc1O. The Morgan fingerprint density at radius 2 is 1.75 bits per heavy atom. The van der Waals surface area contributed by atoms with Crippen LogP contribution in [-0.4, -0.2) is 23.3 Å². The highest BCUT2D eigenvalue weighted by atomic mass is 16.3. The number of hydrogen-bond donors (Lipinski definition) is 2. The van der Waals surface area contributed by atoms with Gasteiger partial charge in [-0.2, -0.15) is 0 Å². The third kappa shape index (κ3) is 3.23. The van der Waals surface area contributed by atoms with Crippen molar-refractivity contribution in [2.75, 3.05) is 6.54 Å². The fourth-order valence-corrected chi connectivity index (χ4v) is 1.74. The van der Waals surface area contributed by atoms with Gasteiger partial charge in [-0.1, -0.05) is 36.4 Å². The molecule has 0 aromatic heterocycles. The number of phenols is 1. The highest BCUT2D eigenvalue weighted by molar-refractivity contribution is 6.02. The third-order valence-electron chi connectivity index (χ3n) is 2.98. The molecule has 2 aromatic rings. The third-order valence-corrected chi connectivity index (χ3v) is 2.98. The lowest BCUT2D eigenvalue weighted by atomic mass is 10.1. The van der Waals surface area contributed by atoms with E-state index in [0.717, 1.165) is 0 Å². The number of Topliss-reactive ketones (excluding diaryl/α,β-unsaturated/α-hetero) is 1. The second kappa shape index (κ2) is 6.02. The zero-order chi connectivity index (χ0) is 14.5. The first-order chi connectivity index (χ1) is 9.58. The molecule has 2 aromatic carbocycles. The van der Waals surface area contributed by atoms with E-state index in [1.807, 2.05) is 6.07 Å². The molecule has 4 nitrogen and oxygen atoms in total. The Hall–Kier alpha value is -2.62. The molecular weight excluding hydrogens is 254 g/mol. The van der Waals surface area contributed by atoms with Crippen molar-refractivity contribution in [1.29, 1.82) is 0 Å². The number of hydrogen-bond acceptors (Lipinski definition) is 3. The molecule has 4 heteroatoms. The minimum Gasteiger partial charge on any atom is -0.508 e. The lowest BCUT2D eigenvalue weighted by molar-refractivity contribution is 0.0904. The first-order valence-electron chi connectivity index (χ1n) is 6.24. The first kappa shape index (κ1) is 13.8. The van der Waals surface area contributed by atoms with Crippen molar-refractivity contribution in [2.45, 2.75) is 6.92 Å². The second-order valence-electron chi connectivity index (χ2n) is 4.47. The topological polar surface area (TPSA) is 66.4 Å². The van der Waals surface area contributed by atoms with Crippen molar-refractivity contribution < 1.29 is 14.7 Å². The van der Waals surface area contributed by atoms with Crippen LogP contribution < -0.4 is 5.32 Å². The number of carbonyl (C=O) groups excluding carboxylic acids is 2. The minimum absolute atomic E-state index is 0.0621. The smallest absolute Gasteiger partial charge is 0.251 e. The van der Waals surface area contributed by atoms with Crippen LogP contribution in [0.15, 0.2) is 48.5 Å². The van der Waals surface area contributed by atoms with Crippen LogP contribution >= 0.6 is 0 Å². The maximum Gasteiger partial charge on any atom is 0.251 e. The van der Waals surface area contributed by atoms with Crippen molar-refractivity contribution in [2.24, 2.45) is 0 Å². The van der Waals surface area contributed by atoms with Gasteiger partial charge in [-0.15, -0.1) is 0 Å². The summed E-state index contributed by atoms with van der Waals surface area (Å²) in [6.45, 7) is 1.67. The zero-order valence-electron chi connectivity index (χ0n) is 11.1. The summed E-state index contributed by atoms with van der Waals surface area (Å²) in [5.74, 6) is -0.480. The summed E-state index contributed by atoms with van der Waals surface area (Å²) in [6.07, 6.45) is 0. The largest absolute Gasteiger partial charge is 0.508 e. The van der Waals surface area contributed by atoms with Crippen LogP contribution in [0.4, 0.5) is 0 Å². The van der Waals surface area contributed by atoms with Crippen molar-refractivity contribution in [1.82, 2.24) is 5.32 Å². The maximum atomic E-state index is 11.9. The molecule has 0 bridgehead atoms. The van der Waals surface area contributed by atoms with Crippen molar-refractivity contribution in [3.8, 4) is 5.75 Å². The predicted molar refractivity (Wildman–Crippen MR) is 75.9 cm³/mol.